The summed E-state index contributed by atoms with van der Waals surface area (Å²) in [6.07, 6.45) is -2.33. The second-order valence-corrected chi connectivity index (χ2v) is 8.14. The van der Waals surface area contributed by atoms with Crippen LogP contribution >= 0.6 is 11.8 Å². The van der Waals surface area contributed by atoms with E-state index in [-0.39, 0.29) is 11.3 Å². The molecule has 1 aromatic carbocycles. The van der Waals surface area contributed by atoms with Crippen molar-refractivity contribution in [3.05, 3.63) is 46.9 Å². The molecule has 156 valence electrons. The number of alkyl halides is 3. The van der Waals surface area contributed by atoms with Gasteiger partial charge >= 0.3 is 6.18 Å². The molecule has 0 saturated carbocycles. The Morgan fingerprint density at radius 2 is 1.90 bits per heavy atom. The molecule has 0 atom stereocenters. The quantitative estimate of drug-likeness (QED) is 0.442. The van der Waals surface area contributed by atoms with Crippen LogP contribution in [0.1, 0.15) is 20.3 Å². The van der Waals surface area contributed by atoms with E-state index in [9.17, 15) is 23.1 Å². The van der Waals surface area contributed by atoms with Gasteiger partial charge < -0.3 is 14.8 Å². The van der Waals surface area contributed by atoms with Crippen LogP contribution in [0.4, 0.5) is 13.2 Å². The first kappa shape index (κ1) is 21.3. The SMILES string of the molecule is CC(C)(O)CCSc1nc2cc[nH]c2c(=O)n1-c1ccc(OCC(F)(F)F)cc1. The number of nitrogens with zero attached hydrogens (tertiary/aromatic N) is 2. The molecule has 2 N–H and O–H groups in total. The molecular formula is C19H20F3N3O3S. The molecule has 0 unspecified atom stereocenters. The normalized spacial score (nSPS) is 12.5. The van der Waals surface area contributed by atoms with Crippen molar-refractivity contribution in [1.29, 1.82) is 0 Å². The Morgan fingerprint density at radius 3 is 2.52 bits per heavy atom. The van der Waals surface area contributed by atoms with Crippen molar-refractivity contribution in [2.45, 2.75) is 37.2 Å². The van der Waals surface area contributed by atoms with Gasteiger partial charge in [-0.25, -0.2) is 4.98 Å². The second-order valence-electron chi connectivity index (χ2n) is 7.08. The number of rotatable bonds is 7. The van der Waals surface area contributed by atoms with Crippen LogP contribution in [0.15, 0.2) is 46.5 Å². The molecule has 0 aliphatic heterocycles. The number of aromatic nitrogens is 3. The summed E-state index contributed by atoms with van der Waals surface area (Å²) in [5, 5.41) is 10.3. The predicted octanol–water partition coefficient (Wildman–Crippen LogP) is 3.91. The molecule has 0 amide bonds. The Bertz CT molecular complexity index is 1040. The second kappa shape index (κ2) is 8.11. The highest BCUT2D eigenvalue weighted by Crippen LogP contribution is 2.25. The van der Waals surface area contributed by atoms with E-state index < -0.39 is 18.4 Å². The van der Waals surface area contributed by atoms with Gasteiger partial charge in [-0.05, 0) is 50.6 Å². The molecule has 2 heterocycles. The largest absolute Gasteiger partial charge is 0.484 e. The van der Waals surface area contributed by atoms with Crippen LogP contribution in [0.25, 0.3) is 16.7 Å². The van der Waals surface area contributed by atoms with Crippen LogP contribution in [0.3, 0.4) is 0 Å². The van der Waals surface area contributed by atoms with Gasteiger partial charge in [0.25, 0.3) is 5.56 Å². The molecule has 0 saturated heterocycles. The van der Waals surface area contributed by atoms with Gasteiger partial charge in [0.1, 0.15) is 11.3 Å². The minimum Gasteiger partial charge on any atom is -0.484 e. The summed E-state index contributed by atoms with van der Waals surface area (Å²) in [6.45, 7) is 2.01. The van der Waals surface area contributed by atoms with E-state index in [1.807, 2.05) is 0 Å². The third-order valence-electron chi connectivity index (χ3n) is 3.99. The molecule has 0 bridgehead atoms. The van der Waals surface area contributed by atoms with Crippen molar-refractivity contribution < 1.29 is 23.0 Å². The number of hydrogen-bond acceptors (Lipinski definition) is 5. The highest BCUT2D eigenvalue weighted by atomic mass is 32.2. The fourth-order valence-corrected chi connectivity index (χ4v) is 3.82. The smallest absolute Gasteiger partial charge is 0.422 e. The Kier molecular flexibility index (Phi) is 5.95. The number of ether oxygens (including phenoxy) is 1. The monoisotopic (exact) mass is 427 g/mol. The van der Waals surface area contributed by atoms with Gasteiger partial charge in [-0.15, -0.1) is 0 Å². The fraction of sp³-hybridized carbons (Fsp3) is 0.368. The van der Waals surface area contributed by atoms with Crippen LogP contribution in [0.2, 0.25) is 0 Å². The molecule has 0 radical (unpaired) electrons. The van der Waals surface area contributed by atoms with E-state index in [4.69, 9.17) is 4.74 Å². The molecule has 3 rings (SSSR count). The highest BCUT2D eigenvalue weighted by Gasteiger charge is 2.28. The Labute approximate surface area is 168 Å². The molecule has 3 aromatic rings. The minimum absolute atomic E-state index is 0.0456. The van der Waals surface area contributed by atoms with Crippen LogP contribution in [-0.2, 0) is 0 Å². The maximum absolute atomic E-state index is 13.0. The van der Waals surface area contributed by atoms with Crippen molar-refractivity contribution in [3.63, 3.8) is 0 Å². The first-order chi connectivity index (χ1) is 13.5. The van der Waals surface area contributed by atoms with Gasteiger partial charge in [0.05, 0.1) is 16.8 Å². The van der Waals surface area contributed by atoms with Crippen LogP contribution in [0, 0.1) is 0 Å². The maximum Gasteiger partial charge on any atom is 0.422 e. The van der Waals surface area contributed by atoms with Crippen LogP contribution < -0.4 is 10.3 Å². The van der Waals surface area contributed by atoms with E-state index in [2.05, 4.69) is 9.97 Å². The predicted molar refractivity (Wildman–Crippen MR) is 105 cm³/mol. The molecule has 10 heteroatoms. The lowest BCUT2D eigenvalue weighted by molar-refractivity contribution is -0.153. The fourth-order valence-electron chi connectivity index (χ4n) is 2.55. The topological polar surface area (TPSA) is 80.1 Å². The van der Waals surface area contributed by atoms with Gasteiger partial charge in [-0.1, -0.05) is 11.8 Å². The first-order valence-corrected chi connectivity index (χ1v) is 9.77. The Morgan fingerprint density at radius 1 is 1.21 bits per heavy atom. The average molecular weight is 427 g/mol. The van der Waals surface area contributed by atoms with Gasteiger partial charge in [0.15, 0.2) is 11.8 Å². The van der Waals surface area contributed by atoms with E-state index in [1.54, 1.807) is 26.1 Å². The molecular weight excluding hydrogens is 407 g/mol. The number of nitrogens with one attached hydrogen (secondary N) is 1. The number of benzene rings is 1. The molecule has 0 aliphatic carbocycles. The zero-order valence-corrected chi connectivity index (χ0v) is 16.6. The summed E-state index contributed by atoms with van der Waals surface area (Å²) in [5.74, 6) is 0.572. The third-order valence-corrected chi connectivity index (χ3v) is 4.93. The summed E-state index contributed by atoms with van der Waals surface area (Å²) in [7, 11) is 0. The highest BCUT2D eigenvalue weighted by molar-refractivity contribution is 7.99. The van der Waals surface area contributed by atoms with E-state index >= 15 is 0 Å². The van der Waals surface area contributed by atoms with Crippen molar-refractivity contribution >= 4 is 22.8 Å². The van der Waals surface area contributed by atoms with E-state index in [1.165, 1.54) is 40.6 Å². The van der Waals surface area contributed by atoms with Gasteiger partial charge in [-0.2, -0.15) is 13.2 Å². The van der Waals surface area contributed by atoms with Crippen molar-refractivity contribution in [2.24, 2.45) is 0 Å². The summed E-state index contributed by atoms with van der Waals surface area (Å²) in [6, 6.07) is 7.44. The number of hydrogen-bond donors (Lipinski definition) is 2. The summed E-state index contributed by atoms with van der Waals surface area (Å²) < 4.78 is 43.0. The zero-order chi connectivity index (χ0) is 21.2. The van der Waals surface area contributed by atoms with Gasteiger partial charge in [0.2, 0.25) is 0 Å². The summed E-state index contributed by atoms with van der Waals surface area (Å²) in [4.78, 5) is 20.3. The minimum atomic E-state index is -4.43. The van der Waals surface area contributed by atoms with Gasteiger partial charge in [-0.3, -0.25) is 9.36 Å². The van der Waals surface area contributed by atoms with Crippen molar-refractivity contribution in [3.8, 4) is 11.4 Å². The summed E-state index contributed by atoms with van der Waals surface area (Å²) in [5.41, 5.74) is 0.114. The summed E-state index contributed by atoms with van der Waals surface area (Å²) >= 11 is 1.32. The van der Waals surface area contributed by atoms with Gasteiger partial charge in [0, 0.05) is 11.9 Å². The Hall–Kier alpha value is -2.46. The first-order valence-electron chi connectivity index (χ1n) is 8.79. The zero-order valence-electron chi connectivity index (χ0n) is 15.8. The molecule has 6 nitrogen and oxygen atoms in total. The number of fused-ring (bicyclic) bond motifs is 1. The molecule has 0 aliphatic rings. The van der Waals surface area contributed by atoms with Crippen molar-refractivity contribution in [1.82, 2.24) is 14.5 Å². The molecule has 2 aromatic heterocycles. The number of halogens is 3. The third kappa shape index (κ3) is 5.54. The number of thioether (sulfide) groups is 1. The van der Waals surface area contributed by atoms with Crippen molar-refractivity contribution in [2.75, 3.05) is 12.4 Å². The lowest BCUT2D eigenvalue weighted by Crippen LogP contribution is -2.23. The standard InChI is InChI=1S/C19H20F3N3O3S/c1-18(2,27)8-10-29-17-24-14-7-9-23-15(14)16(26)25(17)12-3-5-13(6-4-12)28-11-19(20,21)22/h3-7,9,23,27H,8,10-11H2,1-2H3. The van der Waals surface area contributed by atoms with Crippen LogP contribution in [0.5, 0.6) is 5.75 Å². The number of aromatic amines is 1. The van der Waals surface area contributed by atoms with Crippen LogP contribution in [-0.4, -0.2) is 43.8 Å². The lowest BCUT2D eigenvalue weighted by Gasteiger charge is -2.17. The molecule has 0 fully saturated rings. The van der Waals surface area contributed by atoms with E-state index in [0.29, 0.717) is 34.1 Å². The lowest BCUT2D eigenvalue weighted by atomic mass is 10.1. The number of H-pyrrole nitrogens is 1. The Balaban J connectivity index is 1.93. The number of aliphatic hydroxyl groups is 1. The average Bonchev–Trinajstić information content (AvgIpc) is 3.08. The molecule has 29 heavy (non-hydrogen) atoms. The molecule has 0 spiro atoms. The van der Waals surface area contributed by atoms with E-state index in [0.717, 1.165) is 0 Å². The maximum atomic E-state index is 13.0.